The molecule has 0 aromatic heterocycles. The molecule has 0 aliphatic heterocycles. The van der Waals surface area contributed by atoms with Gasteiger partial charge in [-0.2, -0.15) is 13.2 Å². The Balaban J connectivity index is 2.10. The first-order valence-corrected chi connectivity index (χ1v) is 9.18. The topological polar surface area (TPSA) is 17.1 Å². The van der Waals surface area contributed by atoms with Crippen LogP contribution in [0, 0.1) is 0 Å². The number of carbonyl (C=O) groups is 1. The SMILES string of the molecule is O=C(C[C@](Sc1ccccc1)(c1ccccc1)C(F)(F)F)c1ccccc1. The molecule has 3 aromatic carbocycles. The number of hydrogen-bond donors (Lipinski definition) is 0. The maximum absolute atomic E-state index is 14.4. The summed E-state index contributed by atoms with van der Waals surface area (Å²) in [5.41, 5.74) is 0.339. The van der Waals surface area contributed by atoms with Gasteiger partial charge >= 0.3 is 6.18 Å². The Kier molecular flexibility index (Phi) is 5.71. The van der Waals surface area contributed by atoms with Crippen LogP contribution >= 0.6 is 11.8 Å². The van der Waals surface area contributed by atoms with E-state index in [0.29, 0.717) is 16.7 Å². The molecule has 3 rings (SSSR count). The number of benzene rings is 3. The van der Waals surface area contributed by atoms with Crippen molar-refractivity contribution in [3.05, 3.63) is 102 Å². The van der Waals surface area contributed by atoms with Crippen LogP contribution in [0.5, 0.6) is 0 Å². The molecule has 0 heterocycles. The zero-order chi connectivity index (χ0) is 19.3. The van der Waals surface area contributed by atoms with Crippen LogP contribution < -0.4 is 0 Å². The molecule has 0 aliphatic rings. The second-order valence-electron chi connectivity index (χ2n) is 6.07. The third kappa shape index (κ3) is 4.25. The summed E-state index contributed by atoms with van der Waals surface area (Å²) in [7, 11) is 0. The Morgan fingerprint density at radius 2 is 1.22 bits per heavy atom. The number of halogens is 3. The van der Waals surface area contributed by atoms with E-state index in [2.05, 4.69) is 0 Å². The fraction of sp³-hybridized carbons (Fsp3) is 0.136. The standard InChI is InChI=1S/C22H17F3OS/c23-22(24,25)21(18-12-6-2-7-13-18,27-19-14-8-3-9-15-19)16-20(26)17-10-4-1-5-11-17/h1-15H,16H2/t21-/m0/s1. The first-order valence-electron chi connectivity index (χ1n) is 8.37. The molecule has 0 N–H and O–H groups in total. The van der Waals surface area contributed by atoms with Crippen LogP contribution in [0.2, 0.25) is 0 Å². The van der Waals surface area contributed by atoms with Crippen molar-refractivity contribution in [1.29, 1.82) is 0 Å². The van der Waals surface area contributed by atoms with Gasteiger partial charge in [0, 0.05) is 16.9 Å². The summed E-state index contributed by atoms with van der Waals surface area (Å²) < 4.78 is 41.0. The number of Topliss-reactive ketones (excluding diaryl/α,β-unsaturated/α-hetero) is 1. The monoisotopic (exact) mass is 386 g/mol. The number of ketones is 1. The van der Waals surface area contributed by atoms with Crippen LogP contribution in [-0.4, -0.2) is 12.0 Å². The first kappa shape index (κ1) is 19.2. The highest BCUT2D eigenvalue weighted by Gasteiger charge is 2.57. The minimum Gasteiger partial charge on any atom is -0.294 e. The predicted octanol–water partition coefficient (Wildman–Crippen LogP) is 6.51. The summed E-state index contributed by atoms with van der Waals surface area (Å²) in [6.07, 6.45) is -5.30. The van der Waals surface area contributed by atoms with Crippen molar-refractivity contribution in [2.45, 2.75) is 22.2 Å². The van der Waals surface area contributed by atoms with Crippen molar-refractivity contribution in [1.82, 2.24) is 0 Å². The highest BCUT2D eigenvalue weighted by atomic mass is 32.2. The lowest BCUT2D eigenvalue weighted by molar-refractivity contribution is -0.161. The van der Waals surface area contributed by atoms with Gasteiger partial charge in [-0.1, -0.05) is 78.9 Å². The van der Waals surface area contributed by atoms with Crippen molar-refractivity contribution < 1.29 is 18.0 Å². The summed E-state index contributed by atoms with van der Waals surface area (Å²) >= 11 is 0.673. The number of thioether (sulfide) groups is 1. The average Bonchev–Trinajstić information content (AvgIpc) is 2.68. The minimum absolute atomic E-state index is 0.0654. The number of alkyl halides is 3. The molecule has 0 fully saturated rings. The zero-order valence-electron chi connectivity index (χ0n) is 14.3. The molecule has 0 amide bonds. The van der Waals surface area contributed by atoms with Crippen LogP contribution in [0.25, 0.3) is 0 Å². The molecule has 0 bridgehead atoms. The molecule has 0 saturated carbocycles. The van der Waals surface area contributed by atoms with Crippen molar-refractivity contribution in [2.24, 2.45) is 0 Å². The van der Waals surface area contributed by atoms with E-state index in [1.807, 2.05) is 0 Å². The minimum atomic E-state index is -4.63. The molecular weight excluding hydrogens is 369 g/mol. The number of carbonyl (C=O) groups excluding carboxylic acids is 1. The van der Waals surface area contributed by atoms with E-state index in [0.717, 1.165) is 0 Å². The summed E-state index contributed by atoms with van der Waals surface area (Å²) in [5.74, 6) is -0.541. The normalized spacial score (nSPS) is 13.7. The lowest BCUT2D eigenvalue weighted by Crippen LogP contribution is -2.41. The first-order chi connectivity index (χ1) is 12.9. The van der Waals surface area contributed by atoms with Gasteiger partial charge < -0.3 is 0 Å². The van der Waals surface area contributed by atoms with Gasteiger partial charge in [-0.15, -0.1) is 11.8 Å². The predicted molar refractivity (Wildman–Crippen MR) is 102 cm³/mol. The third-order valence-corrected chi connectivity index (χ3v) is 5.71. The summed E-state index contributed by atoms with van der Waals surface area (Å²) in [4.78, 5) is 13.2. The molecule has 1 nitrogen and oxygen atoms in total. The van der Waals surface area contributed by atoms with E-state index in [1.54, 1.807) is 78.9 Å². The lowest BCUT2D eigenvalue weighted by Gasteiger charge is -2.35. The zero-order valence-corrected chi connectivity index (χ0v) is 15.1. The van der Waals surface area contributed by atoms with Crippen molar-refractivity contribution in [3.8, 4) is 0 Å². The van der Waals surface area contributed by atoms with Gasteiger partial charge in [0.15, 0.2) is 5.78 Å². The van der Waals surface area contributed by atoms with Gasteiger partial charge in [0.05, 0.1) is 0 Å². The van der Waals surface area contributed by atoms with Gasteiger partial charge in [-0.25, -0.2) is 0 Å². The maximum Gasteiger partial charge on any atom is 0.408 e. The second-order valence-corrected chi connectivity index (χ2v) is 7.44. The van der Waals surface area contributed by atoms with Gasteiger partial charge in [0.25, 0.3) is 0 Å². The van der Waals surface area contributed by atoms with Gasteiger partial charge in [-0.05, 0) is 17.7 Å². The molecule has 0 unspecified atom stereocenters. The van der Waals surface area contributed by atoms with E-state index in [9.17, 15) is 18.0 Å². The molecule has 1 atom stereocenters. The fourth-order valence-corrected chi connectivity index (χ4v) is 4.14. The molecular formula is C22H17F3OS. The van der Waals surface area contributed by atoms with E-state index >= 15 is 0 Å². The summed E-state index contributed by atoms with van der Waals surface area (Å²) in [6.45, 7) is 0. The Bertz CT molecular complexity index is 880. The van der Waals surface area contributed by atoms with Gasteiger partial charge in [-0.3, -0.25) is 4.79 Å². The Labute approximate surface area is 160 Å². The van der Waals surface area contributed by atoms with E-state index < -0.39 is 23.1 Å². The van der Waals surface area contributed by atoms with Gasteiger partial charge in [0.1, 0.15) is 4.75 Å². The maximum atomic E-state index is 14.4. The average molecular weight is 386 g/mol. The molecule has 0 radical (unpaired) electrons. The van der Waals surface area contributed by atoms with Crippen LogP contribution in [-0.2, 0) is 4.75 Å². The van der Waals surface area contributed by atoms with Gasteiger partial charge in [0.2, 0.25) is 0 Å². The Morgan fingerprint density at radius 3 is 1.74 bits per heavy atom. The molecule has 0 saturated heterocycles. The quantitative estimate of drug-likeness (QED) is 0.355. The highest BCUT2D eigenvalue weighted by Crippen LogP contribution is 2.55. The molecule has 0 aliphatic carbocycles. The second kappa shape index (κ2) is 8.01. The fourth-order valence-electron chi connectivity index (χ4n) is 2.87. The lowest BCUT2D eigenvalue weighted by atomic mass is 9.90. The van der Waals surface area contributed by atoms with Crippen LogP contribution in [0.15, 0.2) is 95.9 Å². The van der Waals surface area contributed by atoms with Crippen molar-refractivity contribution >= 4 is 17.5 Å². The van der Waals surface area contributed by atoms with E-state index in [4.69, 9.17) is 0 Å². The largest absolute Gasteiger partial charge is 0.408 e. The smallest absolute Gasteiger partial charge is 0.294 e. The molecule has 3 aromatic rings. The Hall–Kier alpha value is -2.53. The summed E-state index contributed by atoms with van der Waals surface area (Å²) in [5, 5.41) is 0. The number of rotatable bonds is 6. The highest BCUT2D eigenvalue weighted by molar-refractivity contribution is 8.00. The Morgan fingerprint density at radius 1 is 0.741 bits per heavy atom. The molecule has 0 spiro atoms. The third-order valence-electron chi connectivity index (χ3n) is 4.24. The van der Waals surface area contributed by atoms with E-state index in [1.165, 1.54) is 12.1 Å². The summed E-state index contributed by atoms with van der Waals surface area (Å²) in [6, 6.07) is 24.1. The molecule has 138 valence electrons. The van der Waals surface area contributed by atoms with E-state index in [-0.39, 0.29) is 11.1 Å². The van der Waals surface area contributed by atoms with Crippen molar-refractivity contribution in [2.75, 3.05) is 0 Å². The molecule has 27 heavy (non-hydrogen) atoms. The van der Waals surface area contributed by atoms with Crippen LogP contribution in [0.3, 0.4) is 0 Å². The van der Waals surface area contributed by atoms with Crippen LogP contribution in [0.1, 0.15) is 22.3 Å². The van der Waals surface area contributed by atoms with Crippen molar-refractivity contribution in [3.63, 3.8) is 0 Å². The number of hydrogen-bond acceptors (Lipinski definition) is 2. The molecule has 5 heteroatoms. The van der Waals surface area contributed by atoms with Crippen LogP contribution in [0.4, 0.5) is 13.2 Å².